The summed E-state index contributed by atoms with van der Waals surface area (Å²) in [7, 11) is 1.40. The predicted molar refractivity (Wildman–Crippen MR) is 41.8 cm³/mol. The molecule has 0 N–H and O–H groups in total. The summed E-state index contributed by atoms with van der Waals surface area (Å²) in [5.41, 5.74) is 0. The van der Waals surface area contributed by atoms with Crippen molar-refractivity contribution in [1.29, 1.82) is 0 Å². The Balaban J connectivity index is 2.72. The SMILES string of the molecule is O=[SH]Sc1ccccc1. The first-order valence-corrected chi connectivity index (χ1v) is 4.71. The number of rotatable bonds is 2. The van der Waals surface area contributed by atoms with Crippen molar-refractivity contribution < 1.29 is 4.21 Å². The van der Waals surface area contributed by atoms with Gasteiger partial charge in [-0.3, -0.25) is 4.21 Å². The van der Waals surface area contributed by atoms with Crippen LogP contribution < -0.4 is 0 Å². The van der Waals surface area contributed by atoms with E-state index in [-0.39, 0.29) is 10.7 Å². The van der Waals surface area contributed by atoms with Gasteiger partial charge in [0, 0.05) is 4.90 Å². The molecule has 1 aromatic carbocycles. The normalized spacial score (nSPS) is 9.33. The molecule has 1 rings (SSSR count). The minimum absolute atomic E-state index is 0.112. The Morgan fingerprint density at radius 3 is 2.44 bits per heavy atom. The van der Waals surface area contributed by atoms with Gasteiger partial charge in [-0.1, -0.05) is 18.2 Å². The first-order chi connectivity index (χ1) is 4.43. The smallest absolute Gasteiger partial charge is 0.0720 e. The molecule has 0 aromatic heterocycles. The minimum atomic E-state index is 0.112. The summed E-state index contributed by atoms with van der Waals surface area (Å²) in [6.45, 7) is 0. The van der Waals surface area contributed by atoms with E-state index >= 15 is 0 Å². The molecule has 0 heterocycles. The zero-order valence-electron chi connectivity index (χ0n) is 4.65. The predicted octanol–water partition coefficient (Wildman–Crippen LogP) is 1.64. The molecule has 0 fully saturated rings. The Labute approximate surface area is 61.4 Å². The van der Waals surface area contributed by atoms with E-state index in [1.165, 1.54) is 10.8 Å². The van der Waals surface area contributed by atoms with Crippen molar-refractivity contribution in [2.24, 2.45) is 0 Å². The van der Waals surface area contributed by atoms with Crippen LogP contribution in [0.4, 0.5) is 0 Å². The van der Waals surface area contributed by atoms with Crippen molar-refractivity contribution in [2.75, 3.05) is 0 Å². The Morgan fingerprint density at radius 2 is 1.89 bits per heavy atom. The second kappa shape index (κ2) is 3.69. The van der Waals surface area contributed by atoms with Gasteiger partial charge in [0.1, 0.15) is 0 Å². The summed E-state index contributed by atoms with van der Waals surface area (Å²) in [5, 5.41) is 0. The molecule has 9 heavy (non-hydrogen) atoms. The molecule has 0 aliphatic heterocycles. The Hall–Kier alpha value is -0.280. The van der Waals surface area contributed by atoms with E-state index in [4.69, 9.17) is 0 Å². The van der Waals surface area contributed by atoms with Gasteiger partial charge in [-0.15, -0.1) is 0 Å². The van der Waals surface area contributed by atoms with Crippen molar-refractivity contribution in [1.82, 2.24) is 0 Å². The van der Waals surface area contributed by atoms with Gasteiger partial charge in [0.25, 0.3) is 0 Å². The van der Waals surface area contributed by atoms with Crippen LogP contribution in [0.15, 0.2) is 35.2 Å². The number of benzene rings is 1. The van der Waals surface area contributed by atoms with Crippen LogP contribution in [-0.4, -0.2) is 4.21 Å². The van der Waals surface area contributed by atoms with Gasteiger partial charge in [0.2, 0.25) is 0 Å². The lowest BCUT2D eigenvalue weighted by Gasteiger charge is -1.88. The van der Waals surface area contributed by atoms with Gasteiger partial charge in [0.05, 0.1) is 10.7 Å². The quantitative estimate of drug-likeness (QED) is 0.520. The molecule has 0 atom stereocenters. The molecule has 3 heteroatoms. The lowest BCUT2D eigenvalue weighted by atomic mass is 10.4. The van der Waals surface area contributed by atoms with Gasteiger partial charge >= 0.3 is 0 Å². The molecular formula is C6H6OS2. The van der Waals surface area contributed by atoms with E-state index < -0.39 is 0 Å². The zero-order valence-corrected chi connectivity index (χ0v) is 6.36. The summed E-state index contributed by atoms with van der Waals surface area (Å²) in [6.07, 6.45) is 0. The van der Waals surface area contributed by atoms with Gasteiger partial charge in [-0.25, -0.2) is 0 Å². The van der Waals surface area contributed by atoms with E-state index in [9.17, 15) is 4.21 Å². The molecule has 0 bridgehead atoms. The van der Waals surface area contributed by atoms with Crippen LogP contribution in [0, 0.1) is 0 Å². The first kappa shape index (κ1) is 6.83. The molecule has 0 aliphatic carbocycles. The lowest BCUT2D eigenvalue weighted by Crippen LogP contribution is -1.63. The van der Waals surface area contributed by atoms with Crippen LogP contribution >= 0.6 is 10.8 Å². The van der Waals surface area contributed by atoms with E-state index in [1.54, 1.807) is 0 Å². The summed E-state index contributed by atoms with van der Waals surface area (Å²) in [5.74, 6) is 0. The fraction of sp³-hybridized carbons (Fsp3) is 0. The van der Waals surface area contributed by atoms with Crippen LogP contribution in [0.1, 0.15) is 0 Å². The Morgan fingerprint density at radius 1 is 1.22 bits per heavy atom. The molecule has 0 radical (unpaired) electrons. The molecule has 0 amide bonds. The van der Waals surface area contributed by atoms with Crippen molar-refractivity contribution in [3.8, 4) is 0 Å². The molecule has 1 nitrogen and oxygen atoms in total. The van der Waals surface area contributed by atoms with E-state index in [2.05, 4.69) is 0 Å². The average Bonchev–Trinajstić information content (AvgIpc) is 1.91. The highest BCUT2D eigenvalue weighted by Crippen LogP contribution is 2.14. The topological polar surface area (TPSA) is 17.1 Å². The summed E-state index contributed by atoms with van der Waals surface area (Å²) < 4.78 is 10.0. The standard InChI is InChI=1S/C6H6OS2/c7-9-8-6-4-2-1-3-5-6/h1-5,9H. The van der Waals surface area contributed by atoms with Crippen LogP contribution in [0.2, 0.25) is 0 Å². The summed E-state index contributed by atoms with van der Waals surface area (Å²) >= 11 is 0. The highest BCUT2D eigenvalue weighted by atomic mass is 33.1. The fourth-order valence-corrected chi connectivity index (χ4v) is 1.51. The number of thiol groups is 1. The number of hydrogen-bond acceptors (Lipinski definition) is 2. The van der Waals surface area contributed by atoms with Gasteiger partial charge in [0.15, 0.2) is 0 Å². The zero-order chi connectivity index (χ0) is 6.53. The maximum atomic E-state index is 10.0. The van der Waals surface area contributed by atoms with E-state index in [1.807, 2.05) is 30.3 Å². The van der Waals surface area contributed by atoms with Gasteiger partial charge < -0.3 is 0 Å². The van der Waals surface area contributed by atoms with E-state index in [0.717, 1.165) is 4.90 Å². The van der Waals surface area contributed by atoms with Crippen molar-refractivity contribution in [2.45, 2.75) is 4.90 Å². The third-order valence-electron chi connectivity index (χ3n) is 0.886. The Kier molecular flexibility index (Phi) is 2.80. The highest BCUT2D eigenvalue weighted by Gasteiger charge is 1.85. The maximum Gasteiger partial charge on any atom is 0.0720 e. The average molecular weight is 158 g/mol. The second-order valence-corrected chi connectivity index (χ2v) is 3.28. The van der Waals surface area contributed by atoms with Crippen LogP contribution in [0.5, 0.6) is 0 Å². The van der Waals surface area contributed by atoms with Crippen LogP contribution in [0.25, 0.3) is 0 Å². The minimum Gasteiger partial charge on any atom is -0.251 e. The highest BCUT2D eigenvalue weighted by molar-refractivity contribution is 8.61. The molecule has 0 aliphatic rings. The third-order valence-corrected chi connectivity index (χ3v) is 2.30. The molecule has 48 valence electrons. The first-order valence-electron chi connectivity index (χ1n) is 2.48. The van der Waals surface area contributed by atoms with E-state index in [0.29, 0.717) is 0 Å². The molecule has 0 spiro atoms. The molecule has 0 saturated carbocycles. The largest absolute Gasteiger partial charge is 0.251 e. The summed E-state index contributed by atoms with van der Waals surface area (Å²) in [6, 6.07) is 9.64. The van der Waals surface area contributed by atoms with Crippen LogP contribution in [0.3, 0.4) is 0 Å². The monoisotopic (exact) mass is 158 g/mol. The molecule has 0 unspecified atom stereocenters. The van der Waals surface area contributed by atoms with Gasteiger partial charge in [-0.2, -0.15) is 0 Å². The third kappa shape index (κ3) is 2.20. The molecule has 0 saturated heterocycles. The Bertz CT molecular complexity index is 186. The lowest BCUT2D eigenvalue weighted by molar-refractivity contribution is 0.701. The summed E-state index contributed by atoms with van der Waals surface area (Å²) in [4.78, 5) is 1.04. The number of hydrogen-bond donors (Lipinski definition) is 1. The van der Waals surface area contributed by atoms with Crippen molar-refractivity contribution in [3.05, 3.63) is 30.3 Å². The van der Waals surface area contributed by atoms with Crippen LogP contribution in [-0.2, 0) is 10.7 Å². The second-order valence-electron chi connectivity index (χ2n) is 1.48. The molecular weight excluding hydrogens is 152 g/mol. The van der Waals surface area contributed by atoms with Crippen molar-refractivity contribution in [3.63, 3.8) is 0 Å². The maximum absolute atomic E-state index is 10.0. The molecule has 1 aromatic rings. The fourth-order valence-electron chi connectivity index (χ4n) is 0.524. The van der Waals surface area contributed by atoms with Gasteiger partial charge in [-0.05, 0) is 22.9 Å². The van der Waals surface area contributed by atoms with Crippen molar-refractivity contribution >= 4 is 21.5 Å².